The fourth-order valence-corrected chi connectivity index (χ4v) is 2.71. The van der Waals surface area contributed by atoms with Crippen LogP contribution in [-0.4, -0.2) is 29.3 Å². The van der Waals surface area contributed by atoms with E-state index in [1.807, 2.05) is 0 Å². The van der Waals surface area contributed by atoms with Gasteiger partial charge in [-0.05, 0) is 30.3 Å². The number of aromatic nitrogens is 2. The topological polar surface area (TPSA) is 76.2 Å². The van der Waals surface area contributed by atoms with Crippen LogP contribution in [0.25, 0.3) is 11.3 Å². The molecule has 3 aromatic rings. The summed E-state index contributed by atoms with van der Waals surface area (Å²) in [6.07, 6.45) is 0.913. The molecule has 0 unspecified atom stereocenters. The number of benzene rings is 2. The molecule has 164 valence electrons. The van der Waals surface area contributed by atoms with Gasteiger partial charge in [0, 0.05) is 11.1 Å². The molecule has 0 aliphatic rings. The van der Waals surface area contributed by atoms with E-state index in [0.717, 1.165) is 18.2 Å². The molecule has 0 saturated carbocycles. The Morgan fingerprint density at radius 1 is 1.03 bits per heavy atom. The van der Waals surface area contributed by atoms with Crippen LogP contribution in [0, 0.1) is 11.6 Å². The number of rotatable bonds is 8. The van der Waals surface area contributed by atoms with Crippen molar-refractivity contribution in [3.8, 4) is 22.8 Å². The number of amides is 1. The second-order valence-corrected chi connectivity index (χ2v) is 6.02. The zero-order valence-electron chi connectivity index (χ0n) is 15.3. The van der Waals surface area contributed by atoms with Crippen molar-refractivity contribution >= 4 is 11.6 Å². The largest absolute Gasteiger partial charge is 0.431 e. The lowest BCUT2D eigenvalue weighted by molar-refractivity contribution is -0.115. The Morgan fingerprint density at radius 2 is 1.74 bits per heavy atom. The molecule has 6 nitrogen and oxygen atoms in total. The number of hydrogen-bond donors (Lipinski definition) is 2. The number of aromatic amines is 1. The molecule has 0 spiro atoms. The van der Waals surface area contributed by atoms with Gasteiger partial charge in [0.15, 0.2) is 23.1 Å². The maximum Gasteiger partial charge on any atom is 0.387 e. The molecule has 1 heterocycles. The Balaban J connectivity index is 1.83. The van der Waals surface area contributed by atoms with Crippen LogP contribution < -0.4 is 14.8 Å². The van der Waals surface area contributed by atoms with Crippen molar-refractivity contribution < 1.29 is 40.6 Å². The lowest BCUT2D eigenvalue weighted by Crippen LogP contribution is -2.16. The number of anilines is 1. The molecule has 0 aliphatic heterocycles. The smallest absolute Gasteiger partial charge is 0.387 e. The number of nitrogens with one attached hydrogen (secondary N) is 2. The molecule has 1 aromatic heterocycles. The standard InChI is InChI=1S/C19H13F6N3O3/c20-11-2-1-3-12(16(11)21)27-15(29)7-10-8-26-28-17(10)9-4-5-13(30-18(22)23)14(6-9)31-19(24)25/h1-6,8,18-19H,7H2,(H,26,28)(H,27,29). The molecular formula is C19H13F6N3O3. The lowest BCUT2D eigenvalue weighted by Gasteiger charge is -2.13. The van der Waals surface area contributed by atoms with Gasteiger partial charge >= 0.3 is 13.2 Å². The summed E-state index contributed by atoms with van der Waals surface area (Å²) in [5.41, 5.74) is 0.267. The Bertz CT molecular complexity index is 1070. The van der Waals surface area contributed by atoms with Gasteiger partial charge < -0.3 is 14.8 Å². The van der Waals surface area contributed by atoms with Crippen molar-refractivity contribution in [1.29, 1.82) is 0 Å². The Morgan fingerprint density at radius 3 is 2.45 bits per heavy atom. The molecule has 3 rings (SSSR count). The summed E-state index contributed by atoms with van der Waals surface area (Å²) < 4.78 is 85.6. The number of H-pyrrole nitrogens is 1. The molecule has 31 heavy (non-hydrogen) atoms. The van der Waals surface area contributed by atoms with Crippen molar-refractivity contribution in [2.24, 2.45) is 0 Å². The van der Waals surface area contributed by atoms with Crippen LogP contribution in [0.5, 0.6) is 11.5 Å². The van der Waals surface area contributed by atoms with Crippen LogP contribution in [-0.2, 0) is 11.2 Å². The molecule has 0 saturated heterocycles. The molecule has 0 fully saturated rings. The first-order valence-corrected chi connectivity index (χ1v) is 8.54. The average molecular weight is 445 g/mol. The highest BCUT2D eigenvalue weighted by Gasteiger charge is 2.19. The van der Waals surface area contributed by atoms with Crippen LogP contribution in [0.1, 0.15) is 5.56 Å². The zero-order chi connectivity index (χ0) is 22.5. The van der Waals surface area contributed by atoms with E-state index in [0.29, 0.717) is 0 Å². The van der Waals surface area contributed by atoms with Crippen LogP contribution >= 0.6 is 0 Å². The predicted molar refractivity (Wildman–Crippen MR) is 96.0 cm³/mol. The molecule has 1 amide bonds. The van der Waals surface area contributed by atoms with Gasteiger partial charge in [-0.1, -0.05) is 6.07 Å². The molecule has 0 radical (unpaired) electrons. The van der Waals surface area contributed by atoms with Gasteiger partial charge in [-0.2, -0.15) is 22.7 Å². The monoisotopic (exact) mass is 445 g/mol. The Hall–Kier alpha value is -3.70. The fraction of sp³-hybridized carbons (Fsp3) is 0.158. The van der Waals surface area contributed by atoms with E-state index < -0.39 is 42.3 Å². The van der Waals surface area contributed by atoms with Crippen LogP contribution in [0.4, 0.5) is 32.0 Å². The fourth-order valence-electron chi connectivity index (χ4n) is 2.71. The van der Waals surface area contributed by atoms with Crippen LogP contribution in [0.2, 0.25) is 0 Å². The number of halogens is 6. The molecule has 0 atom stereocenters. The number of nitrogens with zero attached hydrogens (tertiary/aromatic N) is 1. The third-order valence-corrected chi connectivity index (χ3v) is 3.96. The maximum absolute atomic E-state index is 13.7. The predicted octanol–water partition coefficient (Wildman–Crippen LogP) is 4.74. The summed E-state index contributed by atoms with van der Waals surface area (Å²) >= 11 is 0. The summed E-state index contributed by atoms with van der Waals surface area (Å²) in [7, 11) is 0. The van der Waals surface area contributed by atoms with Crippen LogP contribution in [0.3, 0.4) is 0 Å². The second-order valence-electron chi connectivity index (χ2n) is 6.02. The molecule has 0 aliphatic carbocycles. The third kappa shape index (κ3) is 5.47. The quantitative estimate of drug-likeness (QED) is 0.492. The minimum Gasteiger partial charge on any atom is -0.431 e. The summed E-state index contributed by atoms with van der Waals surface area (Å²) in [6.45, 7) is -6.57. The van der Waals surface area contributed by atoms with E-state index in [2.05, 4.69) is 25.0 Å². The Kier molecular flexibility index (Phi) is 6.68. The normalized spacial score (nSPS) is 11.1. The number of alkyl halides is 4. The van der Waals surface area contributed by atoms with Crippen molar-refractivity contribution in [1.82, 2.24) is 10.2 Å². The third-order valence-electron chi connectivity index (χ3n) is 3.96. The first kappa shape index (κ1) is 22.0. The van der Waals surface area contributed by atoms with E-state index in [1.54, 1.807) is 0 Å². The number of ether oxygens (including phenoxy) is 2. The van der Waals surface area contributed by atoms with Crippen LogP contribution in [0.15, 0.2) is 42.6 Å². The SMILES string of the molecule is O=C(Cc1cn[nH]c1-c1ccc(OC(F)F)c(OC(F)F)c1)Nc1cccc(F)c1F. The molecular weight excluding hydrogens is 432 g/mol. The maximum atomic E-state index is 13.7. The summed E-state index contributed by atoms with van der Waals surface area (Å²) in [6, 6.07) is 6.53. The molecule has 0 bridgehead atoms. The second kappa shape index (κ2) is 9.41. The van der Waals surface area contributed by atoms with E-state index >= 15 is 0 Å². The van der Waals surface area contributed by atoms with E-state index in [4.69, 9.17) is 0 Å². The highest BCUT2D eigenvalue weighted by atomic mass is 19.3. The molecule has 2 aromatic carbocycles. The van der Waals surface area contributed by atoms with Gasteiger partial charge in [-0.15, -0.1) is 0 Å². The Labute approximate surface area is 170 Å². The van der Waals surface area contributed by atoms with E-state index in [1.165, 1.54) is 24.4 Å². The number of carbonyl (C=O) groups excluding carboxylic acids is 1. The minimum absolute atomic E-state index is 0.175. The molecule has 2 N–H and O–H groups in total. The van der Waals surface area contributed by atoms with Gasteiger partial charge in [-0.3, -0.25) is 9.89 Å². The van der Waals surface area contributed by atoms with Gasteiger partial charge in [0.2, 0.25) is 5.91 Å². The van der Waals surface area contributed by atoms with Crippen molar-refractivity contribution in [3.63, 3.8) is 0 Å². The van der Waals surface area contributed by atoms with Crippen molar-refractivity contribution in [2.75, 3.05) is 5.32 Å². The first-order valence-electron chi connectivity index (χ1n) is 8.54. The van der Waals surface area contributed by atoms with Gasteiger partial charge in [0.25, 0.3) is 0 Å². The highest BCUT2D eigenvalue weighted by Crippen LogP contribution is 2.35. The van der Waals surface area contributed by atoms with E-state index in [-0.39, 0.29) is 28.9 Å². The van der Waals surface area contributed by atoms with E-state index in [9.17, 15) is 31.1 Å². The summed E-state index contributed by atoms with van der Waals surface area (Å²) in [5.74, 6) is -4.35. The van der Waals surface area contributed by atoms with Crippen molar-refractivity contribution in [3.05, 3.63) is 59.8 Å². The summed E-state index contributed by atoms with van der Waals surface area (Å²) in [4.78, 5) is 12.2. The minimum atomic E-state index is -3.30. The average Bonchev–Trinajstić information content (AvgIpc) is 3.14. The first-order chi connectivity index (χ1) is 14.7. The van der Waals surface area contributed by atoms with Crippen molar-refractivity contribution in [2.45, 2.75) is 19.6 Å². The van der Waals surface area contributed by atoms with Gasteiger partial charge in [0.1, 0.15) is 0 Å². The lowest BCUT2D eigenvalue weighted by atomic mass is 10.0. The number of hydrogen-bond acceptors (Lipinski definition) is 4. The molecule has 12 heteroatoms. The van der Waals surface area contributed by atoms with Gasteiger partial charge in [0.05, 0.1) is 24.0 Å². The van der Waals surface area contributed by atoms with Gasteiger partial charge in [-0.25, -0.2) is 8.78 Å². The highest BCUT2D eigenvalue weighted by molar-refractivity contribution is 5.93. The number of carbonyl (C=O) groups is 1. The zero-order valence-corrected chi connectivity index (χ0v) is 15.3. The summed E-state index contributed by atoms with van der Waals surface area (Å²) in [5, 5.41) is 8.54.